The lowest BCUT2D eigenvalue weighted by Gasteiger charge is -2.08. The fourth-order valence-corrected chi connectivity index (χ4v) is 0.947. The molecular weight excluding hydrogens is 198 g/mol. The lowest BCUT2D eigenvalue weighted by atomic mass is 10.1. The number of carbonyl (C=O) groups is 2. The summed E-state index contributed by atoms with van der Waals surface area (Å²) in [6.07, 6.45) is -0.144. The van der Waals surface area contributed by atoms with Crippen molar-refractivity contribution in [2.24, 2.45) is 5.73 Å². The van der Waals surface area contributed by atoms with Crippen molar-refractivity contribution in [3.8, 4) is 0 Å². The van der Waals surface area contributed by atoms with Crippen LogP contribution in [0.5, 0.6) is 0 Å². The molecule has 0 rings (SSSR count). The molecule has 0 aliphatic carbocycles. The lowest BCUT2D eigenvalue weighted by molar-refractivity contribution is -0.145. The van der Waals surface area contributed by atoms with Crippen molar-refractivity contribution in [3.05, 3.63) is 11.3 Å². The molecule has 0 amide bonds. The van der Waals surface area contributed by atoms with E-state index in [1.54, 1.807) is 20.8 Å². The Morgan fingerprint density at radius 2 is 1.67 bits per heavy atom. The van der Waals surface area contributed by atoms with Crippen molar-refractivity contribution in [2.75, 3.05) is 13.2 Å². The van der Waals surface area contributed by atoms with Crippen LogP contribution in [-0.2, 0) is 19.1 Å². The maximum absolute atomic E-state index is 11.4. The Balaban J connectivity index is 4.51. The van der Waals surface area contributed by atoms with Crippen LogP contribution in [-0.4, -0.2) is 25.2 Å². The van der Waals surface area contributed by atoms with Gasteiger partial charge in [-0.25, -0.2) is 4.79 Å². The molecule has 0 aliphatic rings. The molecule has 0 heterocycles. The summed E-state index contributed by atoms with van der Waals surface area (Å²) in [6, 6.07) is 0. The third-order valence-corrected chi connectivity index (χ3v) is 1.62. The van der Waals surface area contributed by atoms with Crippen molar-refractivity contribution in [2.45, 2.75) is 27.2 Å². The third kappa shape index (κ3) is 5.05. The largest absolute Gasteiger partial charge is 0.466 e. The van der Waals surface area contributed by atoms with Gasteiger partial charge in [0.15, 0.2) is 0 Å². The number of ether oxygens (including phenoxy) is 2. The number of nitrogens with two attached hydrogens (primary N) is 1. The molecule has 5 heteroatoms. The predicted molar refractivity (Wildman–Crippen MR) is 54.8 cm³/mol. The van der Waals surface area contributed by atoms with E-state index in [2.05, 4.69) is 0 Å². The van der Waals surface area contributed by atoms with Crippen molar-refractivity contribution < 1.29 is 19.1 Å². The van der Waals surface area contributed by atoms with Gasteiger partial charge in [-0.1, -0.05) is 0 Å². The summed E-state index contributed by atoms with van der Waals surface area (Å²) in [5.41, 5.74) is 5.92. The van der Waals surface area contributed by atoms with Crippen LogP contribution in [0.1, 0.15) is 27.2 Å². The molecule has 0 unspecified atom stereocenters. The second kappa shape index (κ2) is 6.86. The first-order chi connectivity index (χ1) is 7.02. The molecule has 0 atom stereocenters. The van der Waals surface area contributed by atoms with Gasteiger partial charge in [-0.2, -0.15) is 0 Å². The van der Waals surface area contributed by atoms with E-state index in [9.17, 15) is 9.59 Å². The minimum absolute atomic E-state index is 0.144. The summed E-state index contributed by atoms with van der Waals surface area (Å²) in [7, 11) is 0. The minimum Gasteiger partial charge on any atom is -0.466 e. The Hall–Kier alpha value is -1.52. The summed E-state index contributed by atoms with van der Waals surface area (Å²) >= 11 is 0. The molecule has 0 saturated heterocycles. The van der Waals surface area contributed by atoms with Crippen LogP contribution < -0.4 is 5.73 Å². The van der Waals surface area contributed by atoms with Gasteiger partial charge in [0, 0.05) is 5.70 Å². The fourth-order valence-electron chi connectivity index (χ4n) is 0.947. The Morgan fingerprint density at radius 3 is 2.07 bits per heavy atom. The quantitative estimate of drug-likeness (QED) is 0.540. The average Bonchev–Trinajstić information content (AvgIpc) is 2.14. The second-order valence-corrected chi connectivity index (χ2v) is 2.86. The molecule has 0 aromatic carbocycles. The van der Waals surface area contributed by atoms with E-state index in [1.165, 1.54) is 0 Å². The molecule has 0 spiro atoms. The Morgan fingerprint density at radius 1 is 1.13 bits per heavy atom. The Bertz CT molecular complexity index is 267. The van der Waals surface area contributed by atoms with Crippen LogP contribution in [0.15, 0.2) is 11.3 Å². The van der Waals surface area contributed by atoms with Crippen LogP contribution in [0, 0.1) is 0 Å². The molecule has 0 saturated carbocycles. The van der Waals surface area contributed by atoms with Crippen LogP contribution in [0.25, 0.3) is 0 Å². The molecule has 0 aromatic heterocycles. The number of hydrogen-bond donors (Lipinski definition) is 1. The topological polar surface area (TPSA) is 78.6 Å². The predicted octanol–water partition coefficient (Wildman–Crippen LogP) is 0.735. The summed E-state index contributed by atoms with van der Waals surface area (Å²) < 4.78 is 9.47. The maximum atomic E-state index is 11.4. The van der Waals surface area contributed by atoms with Gasteiger partial charge >= 0.3 is 11.9 Å². The van der Waals surface area contributed by atoms with Gasteiger partial charge < -0.3 is 15.2 Å². The number of carbonyl (C=O) groups excluding carboxylic acids is 2. The van der Waals surface area contributed by atoms with Crippen LogP contribution in [0.4, 0.5) is 0 Å². The van der Waals surface area contributed by atoms with Crippen molar-refractivity contribution in [1.82, 2.24) is 0 Å². The van der Waals surface area contributed by atoms with Crippen LogP contribution in [0.2, 0.25) is 0 Å². The third-order valence-electron chi connectivity index (χ3n) is 1.62. The highest BCUT2D eigenvalue weighted by Crippen LogP contribution is 2.08. The zero-order chi connectivity index (χ0) is 11.8. The van der Waals surface area contributed by atoms with Gasteiger partial charge in [-0.05, 0) is 20.8 Å². The number of allylic oxidation sites excluding steroid dienone is 1. The molecule has 0 aliphatic heterocycles. The number of esters is 2. The van der Waals surface area contributed by atoms with Gasteiger partial charge in [0.25, 0.3) is 0 Å². The van der Waals surface area contributed by atoms with Gasteiger partial charge in [-0.15, -0.1) is 0 Å². The highest BCUT2D eigenvalue weighted by molar-refractivity contribution is 5.94. The molecule has 0 bridgehead atoms. The van der Waals surface area contributed by atoms with Gasteiger partial charge in [0.1, 0.15) is 0 Å². The smallest absolute Gasteiger partial charge is 0.336 e. The van der Waals surface area contributed by atoms with E-state index in [1.807, 2.05) is 0 Å². The standard InChI is InChI=1S/C10H17NO4/c1-4-14-9(12)6-8(7(3)11)10(13)15-5-2/h4-6,11H2,1-3H3/b8-7+. The first-order valence-electron chi connectivity index (χ1n) is 4.80. The number of rotatable bonds is 5. The van der Waals surface area contributed by atoms with Gasteiger partial charge in [0.05, 0.1) is 25.2 Å². The highest BCUT2D eigenvalue weighted by atomic mass is 16.5. The van der Waals surface area contributed by atoms with Crippen molar-refractivity contribution in [1.29, 1.82) is 0 Å². The lowest BCUT2D eigenvalue weighted by Crippen LogP contribution is -2.17. The first kappa shape index (κ1) is 13.5. The van der Waals surface area contributed by atoms with E-state index in [4.69, 9.17) is 15.2 Å². The van der Waals surface area contributed by atoms with Crippen molar-refractivity contribution >= 4 is 11.9 Å². The first-order valence-corrected chi connectivity index (χ1v) is 4.80. The van der Waals surface area contributed by atoms with Gasteiger partial charge in [0.2, 0.25) is 0 Å². The fraction of sp³-hybridized carbons (Fsp3) is 0.600. The average molecular weight is 215 g/mol. The molecule has 15 heavy (non-hydrogen) atoms. The molecule has 0 fully saturated rings. The molecule has 0 aromatic rings. The van der Waals surface area contributed by atoms with Gasteiger partial charge in [-0.3, -0.25) is 4.79 Å². The van der Waals surface area contributed by atoms with Crippen LogP contribution >= 0.6 is 0 Å². The summed E-state index contributed by atoms with van der Waals surface area (Å²) in [5, 5.41) is 0. The Kier molecular flexibility index (Phi) is 6.17. The van der Waals surface area contributed by atoms with E-state index in [0.717, 1.165) is 0 Å². The monoisotopic (exact) mass is 215 g/mol. The number of hydrogen-bond acceptors (Lipinski definition) is 5. The molecule has 86 valence electrons. The van der Waals surface area contributed by atoms with E-state index >= 15 is 0 Å². The molecular formula is C10H17NO4. The Labute approximate surface area is 89.2 Å². The zero-order valence-electron chi connectivity index (χ0n) is 9.33. The normalized spacial score (nSPS) is 11.7. The molecule has 0 radical (unpaired) electrons. The SMILES string of the molecule is CCOC(=O)C/C(C(=O)OCC)=C(/C)N. The van der Waals surface area contributed by atoms with Crippen molar-refractivity contribution in [3.63, 3.8) is 0 Å². The summed E-state index contributed by atoms with van der Waals surface area (Å²) in [6.45, 7) is 5.45. The summed E-state index contributed by atoms with van der Waals surface area (Å²) in [4.78, 5) is 22.5. The molecule has 2 N–H and O–H groups in total. The van der Waals surface area contributed by atoms with E-state index < -0.39 is 11.9 Å². The second-order valence-electron chi connectivity index (χ2n) is 2.86. The maximum Gasteiger partial charge on any atom is 0.336 e. The summed E-state index contributed by atoms with van der Waals surface area (Å²) in [5.74, 6) is -1.05. The minimum atomic E-state index is -0.564. The van der Waals surface area contributed by atoms with E-state index in [0.29, 0.717) is 0 Å². The highest BCUT2D eigenvalue weighted by Gasteiger charge is 2.17. The van der Waals surface area contributed by atoms with E-state index in [-0.39, 0.29) is 30.9 Å². The van der Waals surface area contributed by atoms with Crippen LogP contribution in [0.3, 0.4) is 0 Å². The zero-order valence-corrected chi connectivity index (χ0v) is 9.33. The molecule has 5 nitrogen and oxygen atoms in total.